The minimum atomic E-state index is -0.379. The average Bonchev–Trinajstić information content (AvgIpc) is 2.89. The first kappa shape index (κ1) is 11.7. The highest BCUT2D eigenvalue weighted by Crippen LogP contribution is 1.99. The summed E-state index contributed by atoms with van der Waals surface area (Å²) in [7, 11) is 0. The highest BCUT2D eigenvalue weighted by atomic mass is 16.1. The van der Waals surface area contributed by atoms with Crippen molar-refractivity contribution in [3.05, 3.63) is 54.7 Å². The van der Waals surface area contributed by atoms with Crippen molar-refractivity contribution in [2.45, 2.75) is 0 Å². The van der Waals surface area contributed by atoms with Crippen LogP contribution in [-0.2, 0) is 0 Å². The summed E-state index contributed by atoms with van der Waals surface area (Å²) in [4.78, 5) is 24.9. The van der Waals surface area contributed by atoms with Gasteiger partial charge in [0, 0.05) is 5.56 Å². The lowest BCUT2D eigenvalue weighted by Crippen LogP contribution is -2.09. The van der Waals surface area contributed by atoms with Gasteiger partial charge in [0.1, 0.15) is 11.8 Å². The molecule has 1 amide bonds. The lowest BCUT2D eigenvalue weighted by molar-refractivity contribution is 0.100. The van der Waals surface area contributed by atoms with Crippen LogP contribution in [0.5, 0.6) is 0 Å². The number of benzene rings is 1. The Bertz CT molecular complexity index is 605. The zero-order chi connectivity index (χ0) is 12.8. The molecule has 0 atom stereocenters. The maximum Gasteiger partial charge on any atom is 0.248 e. The molecule has 2 heterocycles. The molecule has 6 heteroatoms. The number of H-pyrrole nitrogens is 1. The van der Waals surface area contributed by atoms with E-state index in [-0.39, 0.29) is 5.91 Å². The van der Waals surface area contributed by atoms with Crippen molar-refractivity contribution < 1.29 is 4.79 Å². The van der Waals surface area contributed by atoms with E-state index >= 15 is 0 Å². The molecule has 0 radical (unpaired) electrons. The molecule has 0 aliphatic carbocycles. The Hall–Kier alpha value is -2.76. The molecule has 1 aromatic carbocycles. The quantitative estimate of drug-likeness (QED) is 0.667. The van der Waals surface area contributed by atoms with Crippen molar-refractivity contribution in [2.75, 3.05) is 0 Å². The van der Waals surface area contributed by atoms with Crippen LogP contribution in [0.25, 0.3) is 11.2 Å². The summed E-state index contributed by atoms with van der Waals surface area (Å²) >= 11 is 0. The van der Waals surface area contributed by atoms with Crippen LogP contribution in [0, 0.1) is 0 Å². The Morgan fingerprint density at radius 3 is 2.56 bits per heavy atom. The van der Waals surface area contributed by atoms with Crippen LogP contribution in [-0.4, -0.2) is 25.8 Å². The van der Waals surface area contributed by atoms with E-state index in [1.807, 2.05) is 6.07 Å². The molecule has 6 nitrogen and oxygen atoms in total. The summed E-state index contributed by atoms with van der Waals surface area (Å²) in [5, 5.41) is 0. The van der Waals surface area contributed by atoms with Crippen molar-refractivity contribution in [3.63, 3.8) is 0 Å². The summed E-state index contributed by atoms with van der Waals surface area (Å²) in [6.45, 7) is 0. The number of fused-ring (bicyclic) bond motifs is 1. The number of primary amides is 1. The molecule has 0 saturated carbocycles. The van der Waals surface area contributed by atoms with E-state index in [1.165, 1.54) is 6.33 Å². The van der Waals surface area contributed by atoms with Crippen molar-refractivity contribution in [1.82, 2.24) is 19.9 Å². The van der Waals surface area contributed by atoms with Gasteiger partial charge >= 0.3 is 0 Å². The highest BCUT2D eigenvalue weighted by Gasteiger charge is 1.93. The van der Waals surface area contributed by atoms with Crippen molar-refractivity contribution in [3.8, 4) is 0 Å². The number of aromatic amines is 1. The molecule has 3 rings (SSSR count). The molecule has 3 aromatic rings. The van der Waals surface area contributed by atoms with E-state index in [9.17, 15) is 4.79 Å². The van der Waals surface area contributed by atoms with Crippen LogP contribution < -0.4 is 5.73 Å². The second-order valence-corrected chi connectivity index (χ2v) is 3.39. The number of hydrogen-bond donors (Lipinski definition) is 2. The van der Waals surface area contributed by atoms with E-state index in [2.05, 4.69) is 19.9 Å². The van der Waals surface area contributed by atoms with E-state index in [4.69, 9.17) is 5.73 Å². The minimum absolute atomic E-state index is 0.379. The third-order valence-electron chi connectivity index (χ3n) is 2.16. The van der Waals surface area contributed by atoms with Crippen molar-refractivity contribution >= 4 is 17.1 Å². The van der Waals surface area contributed by atoms with Crippen LogP contribution in [0.2, 0.25) is 0 Å². The topological polar surface area (TPSA) is 97.6 Å². The first-order chi connectivity index (χ1) is 8.77. The van der Waals surface area contributed by atoms with Crippen LogP contribution in [0.3, 0.4) is 0 Å². The van der Waals surface area contributed by atoms with Gasteiger partial charge in [0.25, 0.3) is 0 Å². The van der Waals surface area contributed by atoms with Crippen LogP contribution in [0.4, 0.5) is 0 Å². The van der Waals surface area contributed by atoms with E-state index in [0.29, 0.717) is 11.2 Å². The molecule has 0 fully saturated rings. The van der Waals surface area contributed by atoms with Crippen molar-refractivity contribution in [2.24, 2.45) is 5.73 Å². The van der Waals surface area contributed by atoms with Crippen LogP contribution in [0.1, 0.15) is 10.4 Å². The monoisotopic (exact) mass is 241 g/mol. The van der Waals surface area contributed by atoms with Gasteiger partial charge in [-0.25, -0.2) is 15.0 Å². The Balaban J connectivity index is 0.000000134. The normalized spacial score (nSPS) is 9.56. The lowest BCUT2D eigenvalue weighted by Gasteiger charge is -1.89. The second kappa shape index (κ2) is 5.53. The predicted molar refractivity (Wildman–Crippen MR) is 66.6 cm³/mol. The fraction of sp³-hybridized carbons (Fsp3) is 0. The van der Waals surface area contributed by atoms with E-state index in [1.54, 1.807) is 36.8 Å². The maximum absolute atomic E-state index is 10.4. The minimum Gasteiger partial charge on any atom is -0.366 e. The van der Waals surface area contributed by atoms with Crippen LogP contribution >= 0.6 is 0 Å². The molecule has 0 saturated heterocycles. The Labute approximate surface area is 103 Å². The second-order valence-electron chi connectivity index (χ2n) is 3.39. The Kier molecular flexibility index (Phi) is 3.60. The summed E-state index contributed by atoms with van der Waals surface area (Å²) in [6.07, 6.45) is 4.76. The molecule has 0 spiro atoms. The largest absolute Gasteiger partial charge is 0.366 e. The van der Waals surface area contributed by atoms with Gasteiger partial charge in [0.15, 0.2) is 5.65 Å². The summed E-state index contributed by atoms with van der Waals surface area (Å²) < 4.78 is 0. The summed E-state index contributed by atoms with van der Waals surface area (Å²) in [6, 6.07) is 8.76. The van der Waals surface area contributed by atoms with Gasteiger partial charge in [-0.3, -0.25) is 4.79 Å². The maximum atomic E-state index is 10.4. The third kappa shape index (κ3) is 2.88. The first-order valence-corrected chi connectivity index (χ1v) is 5.21. The molecule has 0 aliphatic heterocycles. The standard InChI is InChI=1S/C7H7NO.C5H4N4/c8-7(9)6-4-2-1-3-5-6;1-4-5(8-2-6-1)9-3-7-4/h1-5H,(H2,8,9);1-3H,(H,6,7,8,9). The van der Waals surface area contributed by atoms with Crippen LogP contribution in [0.15, 0.2) is 49.2 Å². The number of nitrogens with two attached hydrogens (primary N) is 1. The van der Waals surface area contributed by atoms with E-state index < -0.39 is 0 Å². The number of nitrogens with one attached hydrogen (secondary N) is 1. The molecular weight excluding hydrogens is 230 g/mol. The van der Waals surface area contributed by atoms with Gasteiger partial charge in [0.2, 0.25) is 5.91 Å². The average molecular weight is 241 g/mol. The number of rotatable bonds is 1. The number of carbonyl (C=O) groups excluding carboxylic acids is 1. The third-order valence-corrected chi connectivity index (χ3v) is 2.16. The van der Waals surface area contributed by atoms with Gasteiger partial charge in [-0.2, -0.15) is 0 Å². The van der Waals surface area contributed by atoms with Gasteiger partial charge < -0.3 is 10.7 Å². The number of hydrogen-bond acceptors (Lipinski definition) is 4. The highest BCUT2D eigenvalue weighted by molar-refractivity contribution is 5.92. The fourth-order valence-corrected chi connectivity index (χ4v) is 1.29. The first-order valence-electron chi connectivity index (χ1n) is 5.21. The molecule has 0 bridgehead atoms. The molecule has 0 aliphatic rings. The number of carbonyl (C=O) groups is 1. The molecule has 18 heavy (non-hydrogen) atoms. The number of aromatic nitrogens is 4. The molecular formula is C12H11N5O. The fourth-order valence-electron chi connectivity index (χ4n) is 1.29. The zero-order valence-corrected chi connectivity index (χ0v) is 9.45. The summed E-state index contributed by atoms with van der Waals surface area (Å²) in [5.74, 6) is -0.379. The molecule has 90 valence electrons. The summed E-state index contributed by atoms with van der Waals surface area (Å²) in [5.41, 5.74) is 7.11. The Morgan fingerprint density at radius 2 is 1.94 bits per heavy atom. The lowest BCUT2D eigenvalue weighted by atomic mass is 10.2. The molecule has 0 unspecified atom stereocenters. The smallest absolute Gasteiger partial charge is 0.248 e. The van der Waals surface area contributed by atoms with Gasteiger partial charge in [-0.05, 0) is 12.1 Å². The van der Waals surface area contributed by atoms with E-state index in [0.717, 1.165) is 5.52 Å². The number of imidazole rings is 1. The van der Waals surface area contributed by atoms with Gasteiger partial charge in [-0.15, -0.1) is 0 Å². The number of amides is 1. The molecule has 3 N–H and O–H groups in total. The SMILES string of the molecule is NC(=O)c1ccccc1.c1ncc2[nH]cnc2n1. The van der Waals surface area contributed by atoms with Crippen molar-refractivity contribution in [1.29, 1.82) is 0 Å². The Morgan fingerprint density at radius 1 is 1.17 bits per heavy atom. The van der Waals surface area contributed by atoms with Gasteiger partial charge in [0.05, 0.1) is 12.5 Å². The predicted octanol–water partition coefficient (Wildman–Crippen LogP) is 1.14. The number of nitrogens with zero attached hydrogens (tertiary/aromatic N) is 3. The molecule has 2 aromatic heterocycles. The zero-order valence-electron chi connectivity index (χ0n) is 9.45. The van der Waals surface area contributed by atoms with Gasteiger partial charge in [-0.1, -0.05) is 18.2 Å².